The van der Waals surface area contributed by atoms with E-state index in [1.54, 1.807) is 0 Å². The molecule has 0 aromatic heterocycles. The van der Waals surface area contributed by atoms with Crippen LogP contribution in [0.5, 0.6) is 0 Å². The largest absolute Gasteiger partial charge is 0.412 e. The molecule has 1 aromatic rings. The molecule has 1 amide bonds. The molecule has 0 spiro atoms. The third kappa shape index (κ3) is 4.40. The van der Waals surface area contributed by atoms with E-state index < -0.39 is 8.32 Å². The number of nitrogens with zero attached hydrogens (tertiary/aromatic N) is 1. The highest BCUT2D eigenvalue weighted by Gasteiger charge is 2.45. The molecule has 2 rings (SSSR count). The van der Waals surface area contributed by atoms with Gasteiger partial charge < -0.3 is 9.33 Å². The van der Waals surface area contributed by atoms with Gasteiger partial charge in [-0.25, -0.2) is 0 Å². The van der Waals surface area contributed by atoms with Gasteiger partial charge in [0.05, 0.1) is 12.1 Å². The van der Waals surface area contributed by atoms with Crippen LogP contribution in [0.3, 0.4) is 0 Å². The minimum Gasteiger partial charge on any atom is -0.412 e. The number of hydrogen-bond donors (Lipinski definition) is 0. The molecule has 1 saturated heterocycles. The topological polar surface area (TPSA) is 29.5 Å². The van der Waals surface area contributed by atoms with Crippen LogP contribution >= 0.6 is 0 Å². The second-order valence-electron chi connectivity index (χ2n) is 9.86. The SMILES string of the molecule is CCC(C)(C)C(=O)N1C[C@@H](O[Si](C)(C)C(C)(C)C)C[C@H]1c1ccccc1. The molecular formula is C22H37NO2Si. The molecule has 2 atom stereocenters. The van der Waals surface area contributed by atoms with Gasteiger partial charge >= 0.3 is 0 Å². The first-order valence-electron chi connectivity index (χ1n) is 9.93. The number of carbonyl (C=O) groups excluding carboxylic acids is 1. The van der Waals surface area contributed by atoms with Gasteiger partial charge in [0.2, 0.25) is 5.91 Å². The van der Waals surface area contributed by atoms with Crippen LogP contribution in [0.1, 0.15) is 66.0 Å². The van der Waals surface area contributed by atoms with E-state index in [2.05, 4.69) is 83.8 Å². The van der Waals surface area contributed by atoms with Crippen LogP contribution < -0.4 is 0 Å². The van der Waals surface area contributed by atoms with Crippen molar-refractivity contribution in [2.75, 3.05) is 6.54 Å². The minimum absolute atomic E-state index is 0.115. The van der Waals surface area contributed by atoms with Gasteiger partial charge in [0.25, 0.3) is 0 Å². The fraction of sp³-hybridized carbons (Fsp3) is 0.682. The van der Waals surface area contributed by atoms with Crippen LogP contribution in [-0.4, -0.2) is 31.8 Å². The molecule has 26 heavy (non-hydrogen) atoms. The molecule has 1 heterocycles. The maximum Gasteiger partial charge on any atom is 0.228 e. The molecule has 1 aliphatic rings. The summed E-state index contributed by atoms with van der Waals surface area (Å²) < 4.78 is 6.69. The first-order chi connectivity index (χ1) is 11.9. The number of benzene rings is 1. The summed E-state index contributed by atoms with van der Waals surface area (Å²) in [6.45, 7) is 18.3. The normalized spacial score (nSPS) is 21.9. The Morgan fingerprint density at radius 1 is 1.15 bits per heavy atom. The smallest absolute Gasteiger partial charge is 0.228 e. The average molecular weight is 376 g/mol. The molecule has 146 valence electrons. The van der Waals surface area contributed by atoms with Crippen molar-refractivity contribution in [1.29, 1.82) is 0 Å². The lowest BCUT2D eigenvalue weighted by Gasteiger charge is -2.38. The van der Waals surface area contributed by atoms with Crippen LogP contribution in [-0.2, 0) is 9.22 Å². The van der Waals surface area contributed by atoms with E-state index in [0.29, 0.717) is 6.54 Å². The predicted molar refractivity (Wildman–Crippen MR) is 112 cm³/mol. The van der Waals surface area contributed by atoms with Crippen molar-refractivity contribution in [3.05, 3.63) is 35.9 Å². The lowest BCUT2D eigenvalue weighted by atomic mass is 9.88. The van der Waals surface area contributed by atoms with Crippen molar-refractivity contribution in [3.8, 4) is 0 Å². The number of rotatable bonds is 5. The first kappa shape index (κ1) is 21.2. The lowest BCUT2D eigenvalue weighted by Crippen LogP contribution is -2.45. The Hall–Kier alpha value is -1.13. The highest BCUT2D eigenvalue weighted by Crippen LogP contribution is 2.42. The highest BCUT2D eigenvalue weighted by molar-refractivity contribution is 6.74. The summed E-state index contributed by atoms with van der Waals surface area (Å²) in [5.74, 6) is 0.246. The highest BCUT2D eigenvalue weighted by atomic mass is 28.4. The van der Waals surface area contributed by atoms with E-state index in [0.717, 1.165) is 12.8 Å². The second kappa shape index (κ2) is 7.47. The quantitative estimate of drug-likeness (QED) is 0.610. The van der Waals surface area contributed by atoms with E-state index in [9.17, 15) is 4.79 Å². The Kier molecular flexibility index (Phi) is 6.08. The fourth-order valence-electron chi connectivity index (χ4n) is 3.23. The monoisotopic (exact) mass is 375 g/mol. The van der Waals surface area contributed by atoms with Crippen LogP contribution in [0.25, 0.3) is 0 Å². The summed E-state index contributed by atoms with van der Waals surface area (Å²) in [5.41, 5.74) is 0.882. The number of hydrogen-bond acceptors (Lipinski definition) is 2. The Balaban J connectivity index is 2.28. The second-order valence-corrected chi connectivity index (χ2v) is 14.6. The Labute approximate surface area is 161 Å². The number of carbonyl (C=O) groups is 1. The summed E-state index contributed by atoms with van der Waals surface area (Å²) in [4.78, 5) is 15.4. The van der Waals surface area contributed by atoms with Crippen LogP contribution in [0, 0.1) is 5.41 Å². The summed E-state index contributed by atoms with van der Waals surface area (Å²) in [5, 5.41) is 0.176. The zero-order valence-electron chi connectivity index (χ0n) is 17.9. The summed E-state index contributed by atoms with van der Waals surface area (Å²) >= 11 is 0. The Morgan fingerprint density at radius 2 is 1.73 bits per heavy atom. The maximum atomic E-state index is 13.3. The molecule has 4 heteroatoms. The van der Waals surface area contributed by atoms with Gasteiger partial charge in [-0.05, 0) is 36.5 Å². The Bertz CT molecular complexity index is 619. The molecule has 0 N–H and O–H groups in total. The minimum atomic E-state index is -1.86. The molecule has 1 aliphatic heterocycles. The van der Waals surface area contributed by atoms with Crippen LogP contribution in [0.4, 0.5) is 0 Å². The third-order valence-electron chi connectivity index (χ3n) is 6.44. The molecule has 1 aromatic carbocycles. The van der Waals surface area contributed by atoms with Gasteiger partial charge in [0.1, 0.15) is 0 Å². The summed E-state index contributed by atoms with van der Waals surface area (Å²) in [7, 11) is -1.86. The zero-order chi connectivity index (χ0) is 19.8. The zero-order valence-corrected chi connectivity index (χ0v) is 18.9. The molecule has 1 fully saturated rings. The average Bonchev–Trinajstić information content (AvgIpc) is 2.96. The lowest BCUT2D eigenvalue weighted by molar-refractivity contribution is -0.141. The van der Waals surface area contributed by atoms with Crippen molar-refractivity contribution < 1.29 is 9.22 Å². The van der Waals surface area contributed by atoms with E-state index in [1.807, 2.05) is 6.07 Å². The van der Waals surface area contributed by atoms with E-state index in [1.165, 1.54) is 5.56 Å². The standard InChI is InChI=1S/C22H37NO2Si/c1-9-22(5,6)20(24)23-16-18(25-26(7,8)21(2,3)4)15-19(23)17-13-11-10-12-14-17/h10-14,18-19H,9,15-16H2,1-8H3/t18-,19-/m0/s1. The Morgan fingerprint density at radius 3 is 2.23 bits per heavy atom. The van der Waals surface area contributed by atoms with Crippen molar-refractivity contribution in [3.63, 3.8) is 0 Å². The van der Waals surface area contributed by atoms with Crippen LogP contribution in [0.15, 0.2) is 30.3 Å². The number of amides is 1. The van der Waals surface area contributed by atoms with Crippen molar-refractivity contribution in [2.24, 2.45) is 5.41 Å². The third-order valence-corrected chi connectivity index (χ3v) is 11.0. The van der Waals surface area contributed by atoms with Crippen molar-refractivity contribution in [1.82, 2.24) is 4.90 Å². The van der Waals surface area contributed by atoms with Gasteiger partial charge in [0.15, 0.2) is 8.32 Å². The molecule has 3 nitrogen and oxygen atoms in total. The summed E-state index contributed by atoms with van der Waals surface area (Å²) in [6.07, 6.45) is 1.86. The molecular weight excluding hydrogens is 338 g/mol. The molecule has 0 aliphatic carbocycles. The molecule has 0 saturated carbocycles. The van der Waals surface area contributed by atoms with Gasteiger partial charge in [-0.2, -0.15) is 0 Å². The fourth-order valence-corrected chi connectivity index (χ4v) is 4.59. The maximum absolute atomic E-state index is 13.3. The number of likely N-dealkylation sites (tertiary alicyclic amines) is 1. The van der Waals surface area contributed by atoms with E-state index in [4.69, 9.17) is 4.43 Å². The predicted octanol–water partition coefficient (Wildman–Crippen LogP) is 5.79. The van der Waals surface area contributed by atoms with Gasteiger partial charge in [-0.15, -0.1) is 0 Å². The first-order valence-corrected chi connectivity index (χ1v) is 12.8. The van der Waals surface area contributed by atoms with E-state index >= 15 is 0 Å². The van der Waals surface area contributed by atoms with Crippen molar-refractivity contribution >= 4 is 14.2 Å². The molecule has 0 bridgehead atoms. The van der Waals surface area contributed by atoms with Gasteiger partial charge in [-0.1, -0.05) is 71.9 Å². The van der Waals surface area contributed by atoms with Crippen LogP contribution in [0.2, 0.25) is 18.1 Å². The summed E-state index contributed by atoms with van der Waals surface area (Å²) in [6, 6.07) is 10.5. The molecule has 0 unspecified atom stereocenters. The van der Waals surface area contributed by atoms with Crippen molar-refractivity contribution in [2.45, 2.75) is 84.7 Å². The molecule has 0 radical (unpaired) electrons. The van der Waals surface area contributed by atoms with Gasteiger partial charge in [0, 0.05) is 12.0 Å². The van der Waals surface area contributed by atoms with Gasteiger partial charge in [-0.3, -0.25) is 4.79 Å². The van der Waals surface area contributed by atoms with E-state index in [-0.39, 0.29) is 28.5 Å².